The van der Waals surface area contributed by atoms with E-state index < -0.39 is 5.97 Å². The van der Waals surface area contributed by atoms with Crippen molar-refractivity contribution in [2.75, 3.05) is 0 Å². The van der Waals surface area contributed by atoms with Crippen molar-refractivity contribution in [2.24, 2.45) is 4.99 Å². The average molecular weight is 389 g/mol. The van der Waals surface area contributed by atoms with Crippen LogP contribution in [0.1, 0.15) is 16.1 Å². The second-order valence-electron chi connectivity index (χ2n) is 5.88. The van der Waals surface area contributed by atoms with E-state index in [0.29, 0.717) is 21.6 Å². The number of hydrogen-bond donors (Lipinski definition) is 1. The minimum atomic E-state index is -1.23. The minimum absolute atomic E-state index is 0.0990. The molecule has 0 radical (unpaired) electrons. The van der Waals surface area contributed by atoms with Gasteiger partial charge in [0.15, 0.2) is 5.17 Å². The molecule has 1 aliphatic rings. The van der Waals surface area contributed by atoms with Crippen LogP contribution in [0.5, 0.6) is 0 Å². The maximum absolute atomic E-state index is 12.2. The molecule has 2 heterocycles. The summed E-state index contributed by atoms with van der Waals surface area (Å²) in [4.78, 5) is 27.9. The van der Waals surface area contributed by atoms with Gasteiger partial charge < -0.3 is 19.6 Å². The highest BCUT2D eigenvalue weighted by atomic mass is 32.2. The van der Waals surface area contributed by atoms with Gasteiger partial charge in [0.05, 0.1) is 16.6 Å². The van der Waals surface area contributed by atoms with Crippen molar-refractivity contribution in [1.29, 1.82) is 0 Å². The van der Waals surface area contributed by atoms with E-state index in [1.54, 1.807) is 30.3 Å². The Morgan fingerprint density at radius 3 is 2.50 bits per heavy atom. The van der Waals surface area contributed by atoms with Crippen molar-refractivity contribution in [3.05, 3.63) is 83.0 Å². The van der Waals surface area contributed by atoms with Gasteiger partial charge in [0.25, 0.3) is 5.91 Å². The summed E-state index contributed by atoms with van der Waals surface area (Å²) >= 11 is 1.24. The molecule has 1 amide bonds. The molecule has 0 aliphatic carbocycles. The molecule has 1 aromatic heterocycles. The number of thioether (sulfide) groups is 1. The number of carboxylic acid groups (broad SMARTS) is 1. The lowest BCUT2D eigenvalue weighted by molar-refractivity contribution is -0.255. The highest BCUT2D eigenvalue weighted by Crippen LogP contribution is 2.30. The van der Waals surface area contributed by atoms with Gasteiger partial charge >= 0.3 is 0 Å². The highest BCUT2D eigenvalue weighted by molar-refractivity contribution is 8.18. The molecule has 0 bridgehead atoms. The van der Waals surface area contributed by atoms with Crippen LogP contribution in [0.25, 0.3) is 17.4 Å². The normalized spacial score (nSPS) is 16.5. The number of furan rings is 1. The number of hydrogen-bond acceptors (Lipinski definition) is 6. The van der Waals surface area contributed by atoms with Crippen LogP contribution in [0.2, 0.25) is 0 Å². The van der Waals surface area contributed by atoms with Gasteiger partial charge in [0.2, 0.25) is 0 Å². The molecule has 2 aromatic carbocycles. The number of carboxylic acids is 1. The minimum Gasteiger partial charge on any atom is -0.545 e. The lowest BCUT2D eigenvalue weighted by Crippen LogP contribution is -2.21. The topological polar surface area (TPSA) is 94.7 Å². The maximum Gasteiger partial charge on any atom is 0.264 e. The summed E-state index contributed by atoms with van der Waals surface area (Å²) in [5.41, 5.74) is 1.58. The van der Waals surface area contributed by atoms with E-state index >= 15 is 0 Å². The van der Waals surface area contributed by atoms with Crippen LogP contribution in [-0.2, 0) is 4.79 Å². The van der Waals surface area contributed by atoms with Crippen LogP contribution in [-0.4, -0.2) is 17.0 Å². The summed E-state index contributed by atoms with van der Waals surface area (Å²) in [6, 6.07) is 19.1. The number of para-hydroxylation sites is 1. The Balaban J connectivity index is 1.53. The van der Waals surface area contributed by atoms with Crippen molar-refractivity contribution in [3.8, 4) is 11.3 Å². The predicted octanol–water partition coefficient (Wildman–Crippen LogP) is 3.20. The molecular weight excluding hydrogens is 376 g/mol. The van der Waals surface area contributed by atoms with E-state index in [-0.39, 0.29) is 11.5 Å². The molecule has 3 aromatic rings. The first kappa shape index (κ1) is 17.8. The Kier molecular flexibility index (Phi) is 4.82. The van der Waals surface area contributed by atoms with Gasteiger partial charge in [-0.25, -0.2) is 4.99 Å². The Hall–Kier alpha value is -3.58. The van der Waals surface area contributed by atoms with E-state index in [2.05, 4.69) is 10.3 Å². The second-order valence-corrected chi connectivity index (χ2v) is 6.91. The summed E-state index contributed by atoms with van der Waals surface area (Å²) in [7, 11) is 0. The smallest absolute Gasteiger partial charge is 0.264 e. The van der Waals surface area contributed by atoms with Crippen LogP contribution in [0, 0.1) is 0 Å². The Bertz CT molecular complexity index is 1100. The Labute approximate surface area is 164 Å². The number of aromatic carboxylic acids is 1. The number of carbonyl (C=O) groups excluding carboxylic acids is 2. The van der Waals surface area contributed by atoms with Crippen LogP contribution in [0.4, 0.5) is 5.69 Å². The maximum atomic E-state index is 12.2. The molecule has 4 rings (SSSR count). The third kappa shape index (κ3) is 3.89. The first-order valence-corrected chi connectivity index (χ1v) is 9.16. The standard InChI is InChI=1S/C21H14N2O4S/c24-19-18(28-21(23-19)22-15-4-2-1-3-5-15)12-16-10-11-17(27-16)13-6-8-14(9-7-13)20(25)26/h1-12H,(H,25,26)(H,22,23,24)/p-1/b18-12+. The number of benzene rings is 2. The number of nitrogens with zero attached hydrogens (tertiary/aromatic N) is 1. The summed E-state index contributed by atoms with van der Waals surface area (Å²) in [6.07, 6.45) is 1.65. The fourth-order valence-corrected chi connectivity index (χ4v) is 3.41. The van der Waals surface area contributed by atoms with Crippen molar-refractivity contribution in [3.63, 3.8) is 0 Å². The van der Waals surface area contributed by atoms with Gasteiger partial charge in [-0.15, -0.1) is 0 Å². The fourth-order valence-electron chi connectivity index (χ4n) is 2.59. The Morgan fingerprint density at radius 2 is 1.79 bits per heavy atom. The number of aliphatic imine (C=N–C) groups is 1. The first-order chi connectivity index (χ1) is 13.6. The van der Waals surface area contributed by atoms with Crippen LogP contribution >= 0.6 is 11.8 Å². The van der Waals surface area contributed by atoms with Gasteiger partial charge in [0, 0.05) is 11.6 Å². The van der Waals surface area contributed by atoms with Crippen molar-refractivity contribution in [2.45, 2.75) is 0 Å². The van der Waals surface area contributed by atoms with Gasteiger partial charge in [-0.2, -0.15) is 0 Å². The number of rotatable bonds is 4. The molecule has 28 heavy (non-hydrogen) atoms. The lowest BCUT2D eigenvalue weighted by atomic mass is 10.1. The van der Waals surface area contributed by atoms with Gasteiger partial charge in [-0.1, -0.05) is 42.5 Å². The predicted molar refractivity (Wildman–Crippen MR) is 106 cm³/mol. The van der Waals surface area contributed by atoms with E-state index in [1.807, 2.05) is 30.3 Å². The average Bonchev–Trinajstić information content (AvgIpc) is 3.30. The molecule has 0 spiro atoms. The van der Waals surface area contributed by atoms with E-state index in [4.69, 9.17) is 4.42 Å². The van der Waals surface area contributed by atoms with Crippen LogP contribution in [0.3, 0.4) is 0 Å². The molecule has 1 fully saturated rings. The largest absolute Gasteiger partial charge is 0.545 e. The summed E-state index contributed by atoms with van der Waals surface area (Å²) in [5, 5.41) is 14.1. The SMILES string of the molecule is O=C1NC(=Nc2ccccc2)S/C1=C/c1ccc(-c2ccc(C(=O)[O-])cc2)o1. The molecular formula is C21H13N2O4S-. The molecule has 1 aliphatic heterocycles. The molecule has 0 unspecified atom stereocenters. The quantitative estimate of drug-likeness (QED) is 0.692. The zero-order valence-corrected chi connectivity index (χ0v) is 15.2. The van der Waals surface area contributed by atoms with E-state index in [1.165, 1.54) is 23.9 Å². The van der Waals surface area contributed by atoms with Gasteiger partial charge in [-0.3, -0.25) is 4.79 Å². The number of amides is 1. The van der Waals surface area contributed by atoms with Crippen LogP contribution < -0.4 is 10.4 Å². The van der Waals surface area contributed by atoms with Crippen molar-refractivity contribution >= 4 is 40.6 Å². The number of amidine groups is 1. The molecule has 1 saturated heterocycles. The fraction of sp³-hybridized carbons (Fsp3) is 0. The van der Waals surface area contributed by atoms with Crippen LogP contribution in [0.15, 0.2) is 81.0 Å². The van der Waals surface area contributed by atoms with E-state index in [9.17, 15) is 14.7 Å². The number of carbonyl (C=O) groups is 2. The summed E-state index contributed by atoms with van der Waals surface area (Å²) < 4.78 is 5.76. The molecule has 7 heteroatoms. The first-order valence-electron chi connectivity index (χ1n) is 8.35. The monoisotopic (exact) mass is 389 g/mol. The second kappa shape index (κ2) is 7.58. The molecule has 0 atom stereocenters. The van der Waals surface area contributed by atoms with Crippen molar-refractivity contribution in [1.82, 2.24) is 5.32 Å². The highest BCUT2D eigenvalue weighted by Gasteiger charge is 2.24. The lowest BCUT2D eigenvalue weighted by Gasteiger charge is -2.02. The molecule has 138 valence electrons. The summed E-state index contributed by atoms with van der Waals surface area (Å²) in [5.74, 6) is -0.388. The van der Waals surface area contributed by atoms with Crippen molar-refractivity contribution < 1.29 is 19.1 Å². The summed E-state index contributed by atoms with van der Waals surface area (Å²) in [6.45, 7) is 0. The zero-order valence-electron chi connectivity index (χ0n) is 14.4. The molecule has 0 saturated carbocycles. The molecule has 6 nitrogen and oxygen atoms in total. The third-order valence-corrected chi connectivity index (χ3v) is 4.85. The van der Waals surface area contributed by atoms with Gasteiger partial charge in [0.1, 0.15) is 11.5 Å². The molecule has 1 N–H and O–H groups in total. The Morgan fingerprint density at radius 1 is 1.04 bits per heavy atom. The number of nitrogens with one attached hydrogen (secondary N) is 1. The van der Waals surface area contributed by atoms with E-state index in [0.717, 1.165) is 11.3 Å². The zero-order chi connectivity index (χ0) is 19.5. The van der Waals surface area contributed by atoms with Gasteiger partial charge in [-0.05, 0) is 41.6 Å². The third-order valence-electron chi connectivity index (χ3n) is 3.94.